The maximum Gasteiger partial charge on any atom is 0.573 e. The van der Waals surface area contributed by atoms with Crippen molar-refractivity contribution in [3.63, 3.8) is 0 Å². The summed E-state index contributed by atoms with van der Waals surface area (Å²) in [5.74, 6) is -0.103. The number of hydrogen-bond acceptors (Lipinski definition) is 5. The summed E-state index contributed by atoms with van der Waals surface area (Å²) in [6.45, 7) is 1.50. The van der Waals surface area contributed by atoms with Crippen molar-refractivity contribution in [1.29, 1.82) is 0 Å². The van der Waals surface area contributed by atoms with Gasteiger partial charge in [0.05, 0.1) is 11.0 Å². The average Bonchev–Trinajstić information content (AvgIpc) is 2.58. The fraction of sp³-hybridized carbons (Fsp3) is 0.294. The Morgan fingerprint density at radius 2 is 1.74 bits per heavy atom. The van der Waals surface area contributed by atoms with Crippen molar-refractivity contribution in [2.75, 3.05) is 6.61 Å². The summed E-state index contributed by atoms with van der Waals surface area (Å²) in [6.07, 6.45) is -5.54. The number of sulfonamides is 1. The van der Waals surface area contributed by atoms with E-state index in [4.69, 9.17) is 4.74 Å². The van der Waals surface area contributed by atoms with Crippen LogP contribution in [0.4, 0.5) is 13.2 Å². The van der Waals surface area contributed by atoms with E-state index in [1.165, 1.54) is 0 Å². The molecule has 1 atom stereocenters. The first kappa shape index (κ1) is 21.0. The van der Waals surface area contributed by atoms with Gasteiger partial charge in [0, 0.05) is 12.1 Å². The Balaban J connectivity index is 2.07. The molecule has 0 radical (unpaired) electrons. The Bertz CT molecular complexity index is 852. The van der Waals surface area contributed by atoms with Crippen molar-refractivity contribution in [3.05, 3.63) is 54.1 Å². The van der Waals surface area contributed by atoms with Gasteiger partial charge in [-0.2, -0.15) is 0 Å². The minimum absolute atomic E-state index is 0.0461. The van der Waals surface area contributed by atoms with Crippen LogP contribution in [0.3, 0.4) is 0 Å². The molecule has 0 heterocycles. The van der Waals surface area contributed by atoms with Crippen LogP contribution in [0.1, 0.15) is 12.5 Å². The van der Waals surface area contributed by atoms with Gasteiger partial charge in [0.15, 0.2) is 0 Å². The normalized spacial score (nSPS) is 13.2. The van der Waals surface area contributed by atoms with Crippen LogP contribution in [-0.2, 0) is 16.6 Å². The minimum atomic E-state index is -4.85. The van der Waals surface area contributed by atoms with Gasteiger partial charge in [-0.1, -0.05) is 18.2 Å². The summed E-state index contributed by atoms with van der Waals surface area (Å²) in [4.78, 5) is -0.209. The largest absolute Gasteiger partial charge is 0.573 e. The molecule has 27 heavy (non-hydrogen) atoms. The van der Waals surface area contributed by atoms with Gasteiger partial charge >= 0.3 is 6.36 Å². The number of ether oxygens (including phenoxy) is 2. The molecule has 0 aromatic heterocycles. The Labute approximate surface area is 154 Å². The fourth-order valence-corrected chi connectivity index (χ4v) is 3.08. The number of rotatable bonds is 8. The highest BCUT2D eigenvalue weighted by atomic mass is 32.2. The number of aliphatic hydroxyl groups excluding tert-OH is 1. The van der Waals surface area contributed by atoms with E-state index >= 15 is 0 Å². The van der Waals surface area contributed by atoms with Gasteiger partial charge in [0.2, 0.25) is 10.0 Å². The molecular formula is C17H18F3NO5S. The third-order valence-corrected chi connectivity index (χ3v) is 4.69. The summed E-state index contributed by atoms with van der Waals surface area (Å²) in [6, 6.07) is 10.5. The molecule has 6 nitrogen and oxygen atoms in total. The smallest absolute Gasteiger partial charge is 0.491 e. The quantitative estimate of drug-likeness (QED) is 0.706. The van der Waals surface area contributed by atoms with Crippen molar-refractivity contribution in [2.24, 2.45) is 0 Å². The van der Waals surface area contributed by atoms with Gasteiger partial charge in [0.1, 0.15) is 18.1 Å². The molecule has 0 saturated carbocycles. The Morgan fingerprint density at radius 1 is 1.11 bits per heavy atom. The number of alkyl halides is 3. The zero-order valence-corrected chi connectivity index (χ0v) is 15.0. The molecule has 0 saturated heterocycles. The first-order valence-corrected chi connectivity index (χ1v) is 9.29. The third kappa shape index (κ3) is 6.74. The van der Waals surface area contributed by atoms with Crippen molar-refractivity contribution in [2.45, 2.75) is 30.8 Å². The molecule has 2 aromatic carbocycles. The molecule has 148 valence electrons. The molecule has 0 amide bonds. The third-order valence-electron chi connectivity index (χ3n) is 3.27. The highest BCUT2D eigenvalue weighted by Gasteiger charge is 2.31. The van der Waals surface area contributed by atoms with Crippen molar-refractivity contribution in [1.82, 2.24) is 4.72 Å². The van der Waals surface area contributed by atoms with Crippen LogP contribution < -0.4 is 14.2 Å². The molecule has 0 aliphatic rings. The van der Waals surface area contributed by atoms with Crippen LogP contribution in [-0.4, -0.2) is 32.6 Å². The Morgan fingerprint density at radius 3 is 2.33 bits per heavy atom. The van der Waals surface area contributed by atoms with E-state index in [0.717, 1.165) is 24.3 Å². The van der Waals surface area contributed by atoms with Gasteiger partial charge in [-0.15, -0.1) is 13.2 Å². The van der Waals surface area contributed by atoms with Crippen LogP contribution in [0, 0.1) is 0 Å². The van der Waals surface area contributed by atoms with E-state index < -0.39 is 28.2 Å². The van der Waals surface area contributed by atoms with Gasteiger partial charge in [-0.25, -0.2) is 13.1 Å². The van der Waals surface area contributed by atoms with Crippen molar-refractivity contribution < 1.29 is 36.2 Å². The second kappa shape index (κ2) is 8.59. The molecule has 0 fully saturated rings. The highest BCUT2D eigenvalue weighted by Crippen LogP contribution is 2.24. The minimum Gasteiger partial charge on any atom is -0.491 e. The first-order valence-electron chi connectivity index (χ1n) is 7.81. The van der Waals surface area contributed by atoms with E-state index in [0.29, 0.717) is 11.3 Å². The van der Waals surface area contributed by atoms with Crippen LogP contribution in [0.25, 0.3) is 0 Å². The molecule has 10 heteroatoms. The number of para-hydroxylation sites is 1. The SMILES string of the molecule is C[C@H](O)COc1ccccc1CNS(=O)(=O)c1ccc(OC(F)(F)F)cc1. The van der Waals surface area contributed by atoms with Crippen LogP contribution in [0.2, 0.25) is 0 Å². The second-order valence-electron chi connectivity index (χ2n) is 5.61. The van der Waals surface area contributed by atoms with E-state index in [2.05, 4.69) is 9.46 Å². The van der Waals surface area contributed by atoms with E-state index in [1.54, 1.807) is 31.2 Å². The maximum atomic E-state index is 12.3. The number of hydrogen-bond donors (Lipinski definition) is 2. The molecule has 0 unspecified atom stereocenters. The summed E-state index contributed by atoms with van der Waals surface area (Å²) in [5.41, 5.74) is 0.541. The predicted molar refractivity (Wildman–Crippen MR) is 90.8 cm³/mol. The summed E-state index contributed by atoms with van der Waals surface area (Å²) in [7, 11) is -3.96. The summed E-state index contributed by atoms with van der Waals surface area (Å²) >= 11 is 0. The van der Waals surface area contributed by atoms with E-state index in [1.807, 2.05) is 0 Å². The van der Waals surface area contributed by atoms with Gasteiger partial charge in [-0.05, 0) is 37.3 Å². The molecule has 2 N–H and O–H groups in total. The topological polar surface area (TPSA) is 84.9 Å². The van der Waals surface area contributed by atoms with Crippen LogP contribution >= 0.6 is 0 Å². The average molecular weight is 405 g/mol. The fourth-order valence-electron chi connectivity index (χ4n) is 2.08. The zero-order chi connectivity index (χ0) is 20.1. The Kier molecular flexibility index (Phi) is 6.68. The van der Waals surface area contributed by atoms with Crippen molar-refractivity contribution in [3.8, 4) is 11.5 Å². The van der Waals surface area contributed by atoms with Gasteiger partial charge in [0.25, 0.3) is 0 Å². The Hall–Kier alpha value is -2.30. The maximum absolute atomic E-state index is 12.3. The lowest BCUT2D eigenvalue weighted by Crippen LogP contribution is -2.24. The van der Waals surface area contributed by atoms with Crippen LogP contribution in [0.5, 0.6) is 11.5 Å². The van der Waals surface area contributed by atoms with E-state index in [-0.39, 0.29) is 18.0 Å². The molecule has 0 spiro atoms. The number of aliphatic hydroxyl groups is 1. The number of halogens is 3. The predicted octanol–water partition coefficient (Wildman–Crippen LogP) is 2.82. The lowest BCUT2D eigenvalue weighted by atomic mass is 10.2. The second-order valence-corrected chi connectivity index (χ2v) is 7.38. The molecule has 0 aliphatic heterocycles. The molecule has 2 aromatic rings. The molecule has 2 rings (SSSR count). The standard InChI is InChI=1S/C17H18F3NO5S/c1-12(22)11-25-16-5-3-2-4-13(16)10-21-27(23,24)15-8-6-14(7-9-15)26-17(18,19)20/h2-9,12,21-22H,10-11H2,1H3/t12-/m0/s1. The lowest BCUT2D eigenvalue weighted by molar-refractivity contribution is -0.274. The van der Waals surface area contributed by atoms with Crippen LogP contribution in [0.15, 0.2) is 53.4 Å². The first-order chi connectivity index (χ1) is 12.6. The summed E-state index contributed by atoms with van der Waals surface area (Å²) < 4.78 is 72.6. The number of benzene rings is 2. The summed E-state index contributed by atoms with van der Waals surface area (Å²) in [5, 5.41) is 9.29. The highest BCUT2D eigenvalue weighted by molar-refractivity contribution is 7.89. The molecular weight excluding hydrogens is 387 g/mol. The molecule has 0 aliphatic carbocycles. The zero-order valence-electron chi connectivity index (χ0n) is 14.2. The molecule has 0 bridgehead atoms. The van der Waals surface area contributed by atoms with Gasteiger partial charge in [-0.3, -0.25) is 0 Å². The number of nitrogens with one attached hydrogen (secondary N) is 1. The van der Waals surface area contributed by atoms with E-state index in [9.17, 15) is 26.7 Å². The monoisotopic (exact) mass is 405 g/mol. The lowest BCUT2D eigenvalue weighted by Gasteiger charge is -2.14. The van der Waals surface area contributed by atoms with Crippen molar-refractivity contribution >= 4 is 10.0 Å². The van der Waals surface area contributed by atoms with Gasteiger partial charge < -0.3 is 14.6 Å².